The van der Waals surface area contributed by atoms with E-state index >= 15 is 0 Å². The predicted molar refractivity (Wildman–Crippen MR) is 79.8 cm³/mol. The normalized spacial score (nSPS) is 15.2. The zero-order valence-electron chi connectivity index (χ0n) is 10.8. The number of benzene rings is 1. The zero-order valence-corrected chi connectivity index (χ0v) is 10.8. The van der Waals surface area contributed by atoms with Crippen LogP contribution in [0.5, 0.6) is 0 Å². The largest absolute Gasteiger partial charge is 0.465 e. The lowest BCUT2D eigenvalue weighted by Gasteiger charge is -2.09. The van der Waals surface area contributed by atoms with Crippen LogP contribution in [0, 0.1) is 0 Å². The van der Waals surface area contributed by atoms with Gasteiger partial charge < -0.3 is 4.74 Å². The summed E-state index contributed by atoms with van der Waals surface area (Å²) in [4.78, 5) is 4.37. The van der Waals surface area contributed by atoms with Crippen molar-refractivity contribution in [3.8, 4) is 0 Å². The molecule has 0 aromatic heterocycles. The van der Waals surface area contributed by atoms with Gasteiger partial charge in [0.25, 0.3) is 0 Å². The number of allylic oxidation sites excluding steroid dienone is 4. The Kier molecular flexibility index (Phi) is 4.94. The zero-order chi connectivity index (χ0) is 13.3. The van der Waals surface area contributed by atoms with Crippen LogP contribution < -0.4 is 0 Å². The summed E-state index contributed by atoms with van der Waals surface area (Å²) in [6, 6.07) is 10.2. The molecular formula is C17H17NO. The van der Waals surface area contributed by atoms with Crippen LogP contribution in [-0.4, -0.2) is 6.21 Å². The summed E-state index contributed by atoms with van der Waals surface area (Å²) < 4.78 is 5.43. The van der Waals surface area contributed by atoms with Crippen LogP contribution in [0.2, 0.25) is 0 Å². The highest BCUT2D eigenvalue weighted by Gasteiger charge is 2.02. The molecule has 0 N–H and O–H groups in total. The van der Waals surface area contributed by atoms with Crippen molar-refractivity contribution in [2.45, 2.75) is 13.0 Å². The summed E-state index contributed by atoms with van der Waals surface area (Å²) in [6.07, 6.45) is 12.1. The Hall–Kier alpha value is -2.35. The van der Waals surface area contributed by atoms with Crippen molar-refractivity contribution >= 4 is 6.21 Å². The van der Waals surface area contributed by atoms with E-state index in [1.54, 1.807) is 18.6 Å². The predicted octanol–water partition coefficient (Wildman–Crippen LogP) is 4.19. The molecular weight excluding hydrogens is 234 g/mol. The third-order valence-corrected chi connectivity index (χ3v) is 2.71. The number of aliphatic imine (C=N–C) groups is 1. The van der Waals surface area contributed by atoms with Crippen LogP contribution in [0.1, 0.15) is 12.0 Å². The standard InChI is InChI=1S/C17H17NO/c1-2-16(17-10-6-7-13-19-17)11-12-18-14-15-8-4-3-5-9-15/h2-5,7-13H,1,6,14H2. The number of ether oxygens (including phenoxy) is 1. The van der Waals surface area contributed by atoms with Crippen LogP contribution in [0.3, 0.4) is 0 Å². The van der Waals surface area contributed by atoms with Crippen LogP contribution in [0.15, 0.2) is 83.8 Å². The Morgan fingerprint density at radius 2 is 2.16 bits per heavy atom. The maximum absolute atomic E-state index is 5.43. The van der Waals surface area contributed by atoms with Gasteiger partial charge in [0.1, 0.15) is 5.76 Å². The minimum atomic E-state index is 0.682. The lowest BCUT2D eigenvalue weighted by molar-refractivity contribution is 0.354. The number of hydrogen-bond acceptors (Lipinski definition) is 2. The molecule has 1 aromatic rings. The molecule has 2 rings (SSSR count). The first kappa shape index (κ1) is 13.1. The molecule has 0 bridgehead atoms. The van der Waals surface area contributed by atoms with Crippen LogP contribution >= 0.6 is 0 Å². The molecule has 2 nitrogen and oxygen atoms in total. The molecule has 0 saturated heterocycles. The highest BCUT2D eigenvalue weighted by atomic mass is 16.5. The average Bonchev–Trinajstić information content (AvgIpc) is 2.49. The van der Waals surface area contributed by atoms with Gasteiger partial charge in [-0.3, -0.25) is 4.99 Å². The second-order valence-electron chi connectivity index (χ2n) is 4.10. The van der Waals surface area contributed by atoms with Gasteiger partial charge in [-0.05, 0) is 30.2 Å². The van der Waals surface area contributed by atoms with Gasteiger partial charge in [0.05, 0.1) is 12.8 Å². The summed E-state index contributed by atoms with van der Waals surface area (Å²) in [5, 5.41) is 0. The van der Waals surface area contributed by atoms with Gasteiger partial charge in [0.2, 0.25) is 0 Å². The van der Waals surface area contributed by atoms with Crippen molar-refractivity contribution in [2.75, 3.05) is 0 Å². The number of nitrogens with zero attached hydrogens (tertiary/aromatic N) is 1. The molecule has 1 aromatic carbocycles. The van der Waals surface area contributed by atoms with E-state index in [1.807, 2.05) is 36.4 Å². The number of hydrogen-bond donors (Lipinski definition) is 0. The molecule has 96 valence electrons. The molecule has 1 heterocycles. The first-order chi connectivity index (χ1) is 9.40. The monoisotopic (exact) mass is 251 g/mol. The van der Waals surface area contributed by atoms with Gasteiger partial charge >= 0.3 is 0 Å². The lowest BCUT2D eigenvalue weighted by atomic mass is 10.1. The average molecular weight is 251 g/mol. The molecule has 0 aliphatic carbocycles. The highest BCUT2D eigenvalue weighted by Crippen LogP contribution is 2.17. The van der Waals surface area contributed by atoms with E-state index in [2.05, 4.69) is 23.7 Å². The maximum atomic E-state index is 5.43. The molecule has 0 atom stereocenters. The second kappa shape index (κ2) is 7.17. The summed E-state index contributed by atoms with van der Waals surface area (Å²) in [5.74, 6) is 0.837. The summed E-state index contributed by atoms with van der Waals surface area (Å²) >= 11 is 0. The topological polar surface area (TPSA) is 21.6 Å². The van der Waals surface area contributed by atoms with Crippen molar-refractivity contribution < 1.29 is 4.74 Å². The molecule has 0 fully saturated rings. The van der Waals surface area contributed by atoms with Gasteiger partial charge in [-0.2, -0.15) is 0 Å². The Balaban J connectivity index is 1.96. The Morgan fingerprint density at radius 1 is 1.32 bits per heavy atom. The van der Waals surface area contributed by atoms with Gasteiger partial charge in [-0.15, -0.1) is 0 Å². The summed E-state index contributed by atoms with van der Waals surface area (Å²) in [6.45, 7) is 4.48. The van der Waals surface area contributed by atoms with Crippen LogP contribution in [0.4, 0.5) is 0 Å². The van der Waals surface area contributed by atoms with Crippen molar-refractivity contribution in [1.82, 2.24) is 0 Å². The fourth-order valence-electron chi connectivity index (χ4n) is 1.71. The van der Waals surface area contributed by atoms with E-state index in [0.29, 0.717) is 6.54 Å². The fraction of sp³-hybridized carbons (Fsp3) is 0.118. The van der Waals surface area contributed by atoms with Gasteiger partial charge in [0, 0.05) is 11.8 Å². The van der Waals surface area contributed by atoms with Crippen LogP contribution in [0.25, 0.3) is 0 Å². The first-order valence-corrected chi connectivity index (χ1v) is 6.29. The van der Waals surface area contributed by atoms with E-state index in [0.717, 1.165) is 17.8 Å². The molecule has 0 amide bonds. The van der Waals surface area contributed by atoms with Crippen molar-refractivity contribution in [2.24, 2.45) is 4.99 Å². The summed E-state index contributed by atoms with van der Waals surface area (Å²) in [5.41, 5.74) is 2.14. The molecule has 1 aliphatic rings. The van der Waals surface area contributed by atoms with Gasteiger partial charge in [0.15, 0.2) is 0 Å². The fourth-order valence-corrected chi connectivity index (χ4v) is 1.71. The Morgan fingerprint density at radius 3 is 2.84 bits per heavy atom. The molecule has 19 heavy (non-hydrogen) atoms. The van der Waals surface area contributed by atoms with Crippen LogP contribution in [-0.2, 0) is 11.3 Å². The quantitative estimate of drug-likeness (QED) is 0.568. The van der Waals surface area contributed by atoms with E-state index in [-0.39, 0.29) is 0 Å². The third-order valence-electron chi connectivity index (χ3n) is 2.71. The van der Waals surface area contributed by atoms with E-state index in [4.69, 9.17) is 4.74 Å². The van der Waals surface area contributed by atoms with Gasteiger partial charge in [-0.25, -0.2) is 0 Å². The second-order valence-corrected chi connectivity index (χ2v) is 4.10. The lowest BCUT2D eigenvalue weighted by Crippen LogP contribution is -1.93. The molecule has 0 spiro atoms. The minimum Gasteiger partial charge on any atom is -0.465 e. The van der Waals surface area contributed by atoms with Crippen molar-refractivity contribution in [3.63, 3.8) is 0 Å². The highest BCUT2D eigenvalue weighted by molar-refractivity contribution is 5.74. The van der Waals surface area contributed by atoms with E-state index in [1.165, 1.54) is 5.56 Å². The smallest absolute Gasteiger partial charge is 0.130 e. The molecule has 2 heteroatoms. The van der Waals surface area contributed by atoms with E-state index in [9.17, 15) is 0 Å². The minimum absolute atomic E-state index is 0.682. The Bertz CT molecular complexity index is 536. The molecule has 0 unspecified atom stereocenters. The van der Waals surface area contributed by atoms with Gasteiger partial charge in [-0.1, -0.05) is 43.0 Å². The molecule has 1 aliphatic heterocycles. The molecule has 0 saturated carbocycles. The maximum Gasteiger partial charge on any atom is 0.130 e. The summed E-state index contributed by atoms with van der Waals surface area (Å²) in [7, 11) is 0. The van der Waals surface area contributed by atoms with Crippen molar-refractivity contribution in [1.29, 1.82) is 0 Å². The SMILES string of the molecule is C=CC(=CC=NCc1ccccc1)C1=CCC=CO1. The Labute approximate surface area is 114 Å². The van der Waals surface area contributed by atoms with Crippen molar-refractivity contribution in [3.05, 3.63) is 84.4 Å². The molecule has 0 radical (unpaired) electrons. The van der Waals surface area contributed by atoms with E-state index < -0.39 is 0 Å². The third kappa shape index (κ3) is 4.11. The first-order valence-electron chi connectivity index (χ1n) is 6.29. The number of rotatable bonds is 5.